The number of benzene rings is 2. The van der Waals surface area contributed by atoms with Crippen LogP contribution in [0, 0.1) is 3.57 Å². The average Bonchev–Trinajstić information content (AvgIpc) is 3.02. The van der Waals surface area contributed by atoms with E-state index in [0.29, 0.717) is 22.2 Å². The fourth-order valence-corrected chi connectivity index (χ4v) is 5.03. The molecule has 0 aromatic heterocycles. The first-order valence-corrected chi connectivity index (χ1v) is 11.4. The van der Waals surface area contributed by atoms with E-state index in [1.807, 2.05) is 40.8 Å². The molecule has 0 saturated carbocycles. The molecule has 2 aromatic carbocycles. The van der Waals surface area contributed by atoms with Crippen molar-refractivity contribution in [2.75, 3.05) is 20.2 Å². The lowest BCUT2D eigenvalue weighted by atomic mass is 10.00. The van der Waals surface area contributed by atoms with E-state index in [0.717, 1.165) is 28.6 Å². The van der Waals surface area contributed by atoms with Crippen molar-refractivity contribution in [3.8, 4) is 11.5 Å². The van der Waals surface area contributed by atoms with Gasteiger partial charge in [0, 0.05) is 13.1 Å². The third kappa shape index (κ3) is 4.42. The Labute approximate surface area is 197 Å². The first kappa shape index (κ1) is 21.7. The summed E-state index contributed by atoms with van der Waals surface area (Å²) in [7, 11) is 1.44. The second kappa shape index (κ2) is 8.91. The van der Waals surface area contributed by atoms with E-state index in [-0.39, 0.29) is 28.9 Å². The number of halogens is 1. The molecule has 2 aliphatic rings. The number of hydrogen-bond acceptors (Lipinski definition) is 6. The Balaban J connectivity index is 1.48. The summed E-state index contributed by atoms with van der Waals surface area (Å²) in [5.74, 6) is -0.457. The lowest BCUT2D eigenvalue weighted by Gasteiger charge is -2.29. The van der Waals surface area contributed by atoms with Gasteiger partial charge in [-0.3, -0.25) is 19.3 Å². The van der Waals surface area contributed by atoms with Gasteiger partial charge in [0.15, 0.2) is 11.5 Å². The van der Waals surface area contributed by atoms with Crippen molar-refractivity contribution in [1.82, 2.24) is 9.80 Å². The Hall–Kier alpha value is -2.53. The number of imide groups is 1. The highest BCUT2D eigenvalue weighted by Gasteiger charge is 2.37. The van der Waals surface area contributed by atoms with Crippen molar-refractivity contribution in [3.05, 3.63) is 61.6 Å². The van der Waals surface area contributed by atoms with Crippen molar-refractivity contribution < 1.29 is 24.2 Å². The monoisotopic (exact) mass is 550 g/mol. The van der Waals surface area contributed by atoms with Crippen LogP contribution in [0.4, 0.5) is 4.79 Å². The van der Waals surface area contributed by atoms with Gasteiger partial charge in [-0.1, -0.05) is 24.3 Å². The Morgan fingerprint density at radius 1 is 1.26 bits per heavy atom. The zero-order chi connectivity index (χ0) is 22.1. The fraction of sp³-hybridized carbons (Fsp3) is 0.227. The van der Waals surface area contributed by atoms with Crippen LogP contribution in [0.1, 0.15) is 16.7 Å². The summed E-state index contributed by atoms with van der Waals surface area (Å²) < 4.78 is 5.70. The lowest BCUT2D eigenvalue weighted by Crippen LogP contribution is -2.44. The summed E-state index contributed by atoms with van der Waals surface area (Å²) in [5, 5.41) is 9.50. The van der Waals surface area contributed by atoms with Crippen LogP contribution in [0.5, 0.6) is 11.5 Å². The molecule has 9 heteroatoms. The molecular weight excluding hydrogens is 531 g/mol. The van der Waals surface area contributed by atoms with Gasteiger partial charge in [0.25, 0.3) is 11.1 Å². The predicted molar refractivity (Wildman–Crippen MR) is 126 cm³/mol. The van der Waals surface area contributed by atoms with Gasteiger partial charge in [-0.15, -0.1) is 0 Å². The first-order valence-electron chi connectivity index (χ1n) is 9.54. The van der Waals surface area contributed by atoms with Crippen LogP contribution < -0.4 is 4.74 Å². The molecule has 0 spiro atoms. The Bertz CT molecular complexity index is 1120. The van der Waals surface area contributed by atoms with Crippen LogP contribution in [0.25, 0.3) is 6.08 Å². The van der Waals surface area contributed by atoms with E-state index in [4.69, 9.17) is 4.74 Å². The number of ether oxygens (including phenoxy) is 1. The summed E-state index contributed by atoms with van der Waals surface area (Å²) in [4.78, 5) is 40.9. The quantitative estimate of drug-likeness (QED) is 0.463. The molecule has 7 nitrogen and oxygen atoms in total. The molecule has 2 aromatic rings. The summed E-state index contributed by atoms with van der Waals surface area (Å²) in [6, 6.07) is 11.2. The molecule has 1 N–H and O–H groups in total. The number of carbonyl (C=O) groups is 3. The van der Waals surface area contributed by atoms with Crippen LogP contribution in [0.15, 0.2) is 41.3 Å². The van der Waals surface area contributed by atoms with Crippen molar-refractivity contribution >= 4 is 57.5 Å². The zero-order valence-electron chi connectivity index (χ0n) is 16.6. The van der Waals surface area contributed by atoms with Crippen LogP contribution >= 0.6 is 34.4 Å². The SMILES string of the molecule is COc1cc(/C=C2/SC(=O)N(CC(=O)N3CCc4ccccc4C3)C2=O)cc(I)c1O. The Morgan fingerprint density at radius 2 is 2.00 bits per heavy atom. The van der Waals surface area contributed by atoms with Crippen LogP contribution in [0.3, 0.4) is 0 Å². The number of amides is 3. The maximum Gasteiger partial charge on any atom is 0.294 e. The van der Waals surface area contributed by atoms with Gasteiger partial charge >= 0.3 is 0 Å². The maximum absolute atomic E-state index is 12.8. The number of carbonyl (C=O) groups excluding carboxylic acids is 3. The molecule has 2 aliphatic heterocycles. The van der Waals surface area contributed by atoms with Gasteiger partial charge in [-0.25, -0.2) is 0 Å². The highest BCUT2D eigenvalue weighted by molar-refractivity contribution is 14.1. The van der Waals surface area contributed by atoms with E-state index < -0.39 is 11.1 Å². The molecule has 0 bridgehead atoms. The number of aromatic hydroxyl groups is 1. The van der Waals surface area contributed by atoms with E-state index in [1.54, 1.807) is 23.1 Å². The van der Waals surface area contributed by atoms with Crippen molar-refractivity contribution in [2.24, 2.45) is 0 Å². The highest BCUT2D eigenvalue weighted by Crippen LogP contribution is 2.36. The number of nitrogens with zero attached hydrogens (tertiary/aromatic N) is 2. The molecule has 4 rings (SSSR count). The smallest absolute Gasteiger partial charge is 0.294 e. The van der Waals surface area contributed by atoms with Gasteiger partial charge in [-0.05, 0) is 75.7 Å². The number of methoxy groups -OCH3 is 1. The van der Waals surface area contributed by atoms with Gasteiger partial charge in [0.1, 0.15) is 6.54 Å². The number of phenolic OH excluding ortho intramolecular Hbond substituents is 1. The van der Waals surface area contributed by atoms with Crippen LogP contribution in [0.2, 0.25) is 0 Å². The average molecular weight is 550 g/mol. The third-order valence-electron chi connectivity index (χ3n) is 5.22. The Kier molecular flexibility index (Phi) is 6.24. The minimum atomic E-state index is -0.497. The number of rotatable bonds is 4. The van der Waals surface area contributed by atoms with Gasteiger partial charge < -0.3 is 14.7 Å². The van der Waals surface area contributed by atoms with Gasteiger partial charge in [-0.2, -0.15) is 0 Å². The van der Waals surface area contributed by atoms with E-state index in [1.165, 1.54) is 12.7 Å². The maximum atomic E-state index is 12.8. The standard InChI is InChI=1S/C22H19IN2O5S/c1-30-17-9-13(8-16(23)20(17)27)10-18-21(28)25(22(29)31-18)12-19(26)24-7-6-14-4-2-3-5-15(14)11-24/h2-5,8-10,27H,6-7,11-12H2,1H3/b18-10+. The molecule has 1 saturated heterocycles. The molecule has 0 radical (unpaired) electrons. The fourth-order valence-electron chi connectivity index (χ4n) is 3.56. The number of phenols is 1. The van der Waals surface area contributed by atoms with Gasteiger partial charge in [0.05, 0.1) is 15.6 Å². The summed E-state index contributed by atoms with van der Waals surface area (Å²) in [5.41, 5.74) is 2.93. The van der Waals surface area contributed by atoms with E-state index in [2.05, 4.69) is 6.07 Å². The molecule has 2 heterocycles. The van der Waals surface area contributed by atoms with E-state index in [9.17, 15) is 19.5 Å². The van der Waals surface area contributed by atoms with Gasteiger partial charge in [0.2, 0.25) is 5.91 Å². The van der Waals surface area contributed by atoms with E-state index >= 15 is 0 Å². The third-order valence-corrected chi connectivity index (χ3v) is 6.95. The highest BCUT2D eigenvalue weighted by atomic mass is 127. The topological polar surface area (TPSA) is 87.2 Å². The zero-order valence-corrected chi connectivity index (χ0v) is 19.6. The number of fused-ring (bicyclic) bond motifs is 1. The number of thioether (sulfide) groups is 1. The number of hydrogen-bond donors (Lipinski definition) is 1. The van der Waals surface area contributed by atoms with Crippen molar-refractivity contribution in [2.45, 2.75) is 13.0 Å². The van der Waals surface area contributed by atoms with Crippen LogP contribution in [-0.2, 0) is 22.6 Å². The lowest BCUT2D eigenvalue weighted by molar-refractivity contribution is -0.136. The summed E-state index contributed by atoms with van der Waals surface area (Å²) in [6.45, 7) is 0.765. The largest absolute Gasteiger partial charge is 0.504 e. The molecule has 1 fully saturated rings. The molecule has 0 aliphatic carbocycles. The second-order valence-corrected chi connectivity index (χ2v) is 9.31. The predicted octanol–water partition coefficient (Wildman–Crippen LogP) is 3.63. The molecule has 0 atom stereocenters. The van der Waals surface area contributed by atoms with Crippen LogP contribution in [-0.4, -0.2) is 52.2 Å². The molecular formula is C22H19IN2O5S. The van der Waals surface area contributed by atoms with Crippen molar-refractivity contribution in [3.63, 3.8) is 0 Å². The Morgan fingerprint density at radius 3 is 2.74 bits per heavy atom. The molecule has 0 unspecified atom stereocenters. The van der Waals surface area contributed by atoms with Crippen molar-refractivity contribution in [1.29, 1.82) is 0 Å². The first-order chi connectivity index (χ1) is 14.9. The molecule has 3 amide bonds. The summed E-state index contributed by atoms with van der Waals surface area (Å²) in [6.07, 6.45) is 2.32. The molecule has 160 valence electrons. The minimum absolute atomic E-state index is 0.0158. The second-order valence-electron chi connectivity index (χ2n) is 7.16. The normalized spacial score (nSPS) is 17.3. The minimum Gasteiger partial charge on any atom is -0.504 e. The summed E-state index contributed by atoms with van der Waals surface area (Å²) >= 11 is 2.76. The molecule has 31 heavy (non-hydrogen) atoms.